The number of fused-ring (bicyclic) bond motifs is 1. The molecule has 1 heterocycles. The SMILES string of the molecule is CCOC(=O)c1cc(=O)c2c(OCC(O)COc3ccc(C#N)c(OC)c3)cccc2o1. The van der Waals surface area contributed by atoms with Gasteiger partial charge in [-0.2, -0.15) is 5.26 Å². The van der Waals surface area contributed by atoms with E-state index in [1.807, 2.05) is 6.07 Å². The number of nitrogens with zero attached hydrogens (tertiary/aromatic N) is 1. The van der Waals surface area contributed by atoms with Crippen LogP contribution in [-0.4, -0.2) is 44.1 Å². The Kier molecular flexibility index (Phi) is 7.31. The minimum Gasteiger partial charge on any atom is -0.495 e. The van der Waals surface area contributed by atoms with Crippen molar-refractivity contribution in [3.05, 3.63) is 64.0 Å². The molecule has 0 bridgehead atoms. The molecule has 0 amide bonds. The van der Waals surface area contributed by atoms with Crippen molar-refractivity contribution in [1.29, 1.82) is 5.26 Å². The molecule has 1 atom stereocenters. The van der Waals surface area contributed by atoms with E-state index in [9.17, 15) is 14.7 Å². The summed E-state index contributed by atoms with van der Waals surface area (Å²) in [6, 6.07) is 12.4. The first-order chi connectivity index (χ1) is 15.5. The lowest BCUT2D eigenvalue weighted by Gasteiger charge is -2.15. The molecule has 9 nitrogen and oxygen atoms in total. The Morgan fingerprint density at radius 1 is 1.16 bits per heavy atom. The van der Waals surface area contributed by atoms with Crippen LogP contribution in [0.25, 0.3) is 11.0 Å². The average Bonchev–Trinajstić information content (AvgIpc) is 2.80. The van der Waals surface area contributed by atoms with Gasteiger partial charge in [-0.1, -0.05) is 6.07 Å². The van der Waals surface area contributed by atoms with Gasteiger partial charge >= 0.3 is 5.97 Å². The number of ether oxygens (including phenoxy) is 4. The highest BCUT2D eigenvalue weighted by Crippen LogP contribution is 2.25. The Balaban J connectivity index is 1.67. The molecule has 1 aromatic heterocycles. The molecule has 1 N–H and O–H groups in total. The van der Waals surface area contributed by atoms with E-state index in [-0.39, 0.29) is 42.3 Å². The maximum Gasteiger partial charge on any atom is 0.374 e. The summed E-state index contributed by atoms with van der Waals surface area (Å²) >= 11 is 0. The predicted octanol–water partition coefficient (Wildman–Crippen LogP) is 2.67. The van der Waals surface area contributed by atoms with E-state index in [1.165, 1.54) is 13.2 Å². The van der Waals surface area contributed by atoms with Gasteiger partial charge in [0.25, 0.3) is 0 Å². The second-order valence-corrected chi connectivity index (χ2v) is 6.57. The summed E-state index contributed by atoms with van der Waals surface area (Å²) in [6.07, 6.45) is -1.02. The van der Waals surface area contributed by atoms with Crippen LogP contribution in [0.15, 0.2) is 51.7 Å². The second-order valence-electron chi connectivity index (χ2n) is 6.57. The average molecular weight is 439 g/mol. The monoisotopic (exact) mass is 439 g/mol. The fourth-order valence-electron chi connectivity index (χ4n) is 2.88. The third kappa shape index (κ3) is 5.17. The number of benzene rings is 2. The molecule has 9 heteroatoms. The van der Waals surface area contributed by atoms with Gasteiger partial charge in [0.05, 0.1) is 19.3 Å². The summed E-state index contributed by atoms with van der Waals surface area (Å²) in [7, 11) is 1.44. The number of carbonyl (C=O) groups is 1. The second kappa shape index (κ2) is 10.3. The lowest BCUT2D eigenvalue weighted by molar-refractivity contribution is 0.0490. The number of hydrogen-bond donors (Lipinski definition) is 1. The third-order valence-corrected chi connectivity index (χ3v) is 4.36. The first kappa shape index (κ1) is 22.7. The van der Waals surface area contributed by atoms with Gasteiger partial charge in [-0.05, 0) is 31.2 Å². The van der Waals surface area contributed by atoms with Gasteiger partial charge in [0.1, 0.15) is 53.6 Å². The van der Waals surface area contributed by atoms with E-state index in [4.69, 9.17) is 28.6 Å². The Morgan fingerprint density at radius 2 is 1.94 bits per heavy atom. The molecular weight excluding hydrogens is 418 g/mol. The van der Waals surface area contributed by atoms with Crippen molar-refractivity contribution in [3.8, 4) is 23.3 Å². The highest BCUT2D eigenvalue weighted by atomic mass is 16.5. The molecule has 32 heavy (non-hydrogen) atoms. The molecular formula is C23H21NO8. The zero-order valence-electron chi connectivity index (χ0n) is 17.5. The van der Waals surface area contributed by atoms with E-state index in [1.54, 1.807) is 37.3 Å². The van der Waals surface area contributed by atoms with Crippen molar-refractivity contribution in [3.63, 3.8) is 0 Å². The zero-order valence-corrected chi connectivity index (χ0v) is 17.5. The summed E-state index contributed by atoms with van der Waals surface area (Å²) < 4.78 is 26.6. The van der Waals surface area contributed by atoms with E-state index >= 15 is 0 Å². The predicted molar refractivity (Wildman–Crippen MR) is 113 cm³/mol. The largest absolute Gasteiger partial charge is 0.495 e. The molecule has 0 aliphatic carbocycles. The Bertz CT molecular complexity index is 1210. The molecule has 1 unspecified atom stereocenters. The number of esters is 1. The topological polar surface area (TPSA) is 128 Å². The third-order valence-electron chi connectivity index (χ3n) is 4.36. The van der Waals surface area contributed by atoms with Crippen LogP contribution in [-0.2, 0) is 4.74 Å². The maximum absolute atomic E-state index is 12.5. The zero-order chi connectivity index (χ0) is 23.1. The molecule has 0 fully saturated rings. The van der Waals surface area contributed by atoms with Gasteiger partial charge in [-0.3, -0.25) is 4.79 Å². The summed E-state index contributed by atoms with van der Waals surface area (Å²) in [5.41, 5.74) is 0.0541. The van der Waals surface area contributed by atoms with Crippen LogP contribution < -0.4 is 19.6 Å². The highest BCUT2D eigenvalue weighted by Gasteiger charge is 2.17. The van der Waals surface area contributed by atoms with Crippen LogP contribution in [0.1, 0.15) is 23.0 Å². The van der Waals surface area contributed by atoms with Crippen molar-refractivity contribution in [2.45, 2.75) is 13.0 Å². The minimum absolute atomic E-state index is 0.0958. The van der Waals surface area contributed by atoms with Crippen molar-refractivity contribution < 1.29 is 33.3 Å². The molecule has 3 aromatic rings. The van der Waals surface area contributed by atoms with Crippen LogP contribution in [0.5, 0.6) is 17.2 Å². The van der Waals surface area contributed by atoms with Crippen molar-refractivity contribution in [2.75, 3.05) is 26.9 Å². The van der Waals surface area contributed by atoms with E-state index in [0.717, 1.165) is 6.07 Å². The van der Waals surface area contributed by atoms with E-state index in [0.29, 0.717) is 17.1 Å². The van der Waals surface area contributed by atoms with Crippen molar-refractivity contribution in [1.82, 2.24) is 0 Å². The van der Waals surface area contributed by atoms with Gasteiger partial charge in [0, 0.05) is 12.1 Å². The number of aliphatic hydroxyl groups is 1. The van der Waals surface area contributed by atoms with Crippen LogP contribution in [0.2, 0.25) is 0 Å². The lowest BCUT2D eigenvalue weighted by atomic mass is 10.2. The quantitative estimate of drug-likeness (QED) is 0.500. The van der Waals surface area contributed by atoms with E-state index < -0.39 is 17.5 Å². The number of methoxy groups -OCH3 is 1. The van der Waals surface area contributed by atoms with Crippen LogP contribution in [0.4, 0.5) is 0 Å². The molecule has 0 radical (unpaired) electrons. The highest BCUT2D eigenvalue weighted by molar-refractivity contribution is 5.90. The number of nitriles is 1. The minimum atomic E-state index is -1.02. The van der Waals surface area contributed by atoms with Gasteiger partial charge in [0.2, 0.25) is 5.76 Å². The van der Waals surface area contributed by atoms with Gasteiger partial charge < -0.3 is 28.5 Å². The summed E-state index contributed by atoms with van der Waals surface area (Å²) in [4.78, 5) is 24.4. The van der Waals surface area contributed by atoms with Gasteiger partial charge in [0.15, 0.2) is 5.43 Å². The Labute approximate surface area is 183 Å². The molecule has 0 saturated carbocycles. The van der Waals surface area contributed by atoms with E-state index in [2.05, 4.69) is 0 Å². The fraction of sp³-hybridized carbons (Fsp3) is 0.261. The molecule has 0 saturated heterocycles. The molecule has 0 aliphatic heterocycles. The summed E-state index contributed by atoms with van der Waals surface area (Å²) in [5, 5.41) is 19.4. The van der Waals surface area contributed by atoms with Gasteiger partial charge in [-0.15, -0.1) is 0 Å². The standard InChI is InChI=1S/C23H21NO8/c1-3-29-23(27)21-10-17(26)22-18(5-4-6-19(22)32-21)31-13-15(25)12-30-16-8-7-14(11-24)20(9-16)28-2/h4-10,15,25H,3,12-13H2,1-2H3. The van der Waals surface area contributed by atoms with Crippen LogP contribution >= 0.6 is 0 Å². The molecule has 2 aromatic carbocycles. The lowest BCUT2D eigenvalue weighted by Crippen LogP contribution is -2.25. The van der Waals surface area contributed by atoms with Crippen LogP contribution in [0.3, 0.4) is 0 Å². The smallest absolute Gasteiger partial charge is 0.374 e. The summed E-state index contributed by atoms with van der Waals surface area (Å²) in [6.45, 7) is 1.54. The van der Waals surface area contributed by atoms with Crippen molar-refractivity contribution >= 4 is 16.9 Å². The number of hydrogen-bond acceptors (Lipinski definition) is 9. The molecule has 166 valence electrons. The first-order valence-corrected chi connectivity index (χ1v) is 9.72. The maximum atomic E-state index is 12.5. The number of rotatable bonds is 9. The van der Waals surface area contributed by atoms with Crippen LogP contribution in [0, 0.1) is 11.3 Å². The van der Waals surface area contributed by atoms with Gasteiger partial charge in [-0.25, -0.2) is 4.79 Å². The molecule has 0 spiro atoms. The first-order valence-electron chi connectivity index (χ1n) is 9.72. The number of carbonyl (C=O) groups excluding carboxylic acids is 1. The van der Waals surface area contributed by atoms with Crippen molar-refractivity contribution in [2.24, 2.45) is 0 Å². The number of aliphatic hydroxyl groups excluding tert-OH is 1. The normalized spacial score (nSPS) is 11.4. The molecule has 3 rings (SSSR count). The molecule has 0 aliphatic rings. The fourth-order valence-corrected chi connectivity index (χ4v) is 2.88. The Morgan fingerprint density at radius 3 is 2.66 bits per heavy atom. The Hall–Kier alpha value is -4.03. The summed E-state index contributed by atoms with van der Waals surface area (Å²) in [5.74, 6) is 0.0426.